The zero-order valence-corrected chi connectivity index (χ0v) is 13.6. The van der Waals surface area contributed by atoms with Crippen LogP contribution in [0.2, 0.25) is 0 Å². The molecule has 1 aromatic heterocycles. The predicted molar refractivity (Wildman–Crippen MR) is 80.1 cm³/mol. The molecule has 1 heterocycles. The number of carbonyl (C=O) groups is 1. The molecule has 0 spiro atoms. The number of ether oxygens (including phenoxy) is 1. The summed E-state index contributed by atoms with van der Waals surface area (Å²) >= 11 is 1.45. The van der Waals surface area contributed by atoms with Crippen LogP contribution >= 0.6 is 11.3 Å². The van der Waals surface area contributed by atoms with Gasteiger partial charge in [0.05, 0.1) is 5.25 Å². The van der Waals surface area contributed by atoms with Crippen LogP contribution < -0.4 is 0 Å². The quantitative estimate of drug-likeness (QED) is 0.801. The largest absolute Gasteiger partial charge is 0.458 e. The zero-order chi connectivity index (χ0) is 14.9. The van der Waals surface area contributed by atoms with Gasteiger partial charge in [-0.3, -0.25) is 0 Å². The van der Waals surface area contributed by atoms with E-state index in [1.165, 1.54) is 17.6 Å². The fraction of sp³-hybridized carbons (Fsp3) is 0.643. The molecular formula is C14H20O4S2. The van der Waals surface area contributed by atoms with E-state index in [1.54, 1.807) is 6.07 Å². The number of hydrogen-bond acceptors (Lipinski definition) is 5. The van der Waals surface area contributed by atoms with Crippen LogP contribution in [0.15, 0.2) is 12.1 Å². The molecule has 0 radical (unpaired) electrons. The lowest BCUT2D eigenvalue weighted by Gasteiger charge is -2.11. The van der Waals surface area contributed by atoms with E-state index in [-0.39, 0.29) is 17.3 Å². The van der Waals surface area contributed by atoms with Crippen molar-refractivity contribution in [1.82, 2.24) is 0 Å². The van der Waals surface area contributed by atoms with Gasteiger partial charge in [-0.1, -0.05) is 13.8 Å². The van der Waals surface area contributed by atoms with Gasteiger partial charge in [0.2, 0.25) is 0 Å². The van der Waals surface area contributed by atoms with E-state index >= 15 is 0 Å². The highest BCUT2D eigenvalue weighted by Gasteiger charge is 2.34. The molecular weight excluding hydrogens is 296 g/mol. The summed E-state index contributed by atoms with van der Waals surface area (Å²) in [4.78, 5) is 13.8. The van der Waals surface area contributed by atoms with Crippen molar-refractivity contribution in [2.45, 2.75) is 50.4 Å². The number of rotatable bonds is 4. The van der Waals surface area contributed by atoms with Crippen molar-refractivity contribution >= 4 is 27.1 Å². The van der Waals surface area contributed by atoms with E-state index < -0.39 is 9.84 Å². The van der Waals surface area contributed by atoms with E-state index in [1.807, 2.05) is 6.07 Å². The molecule has 0 aliphatic heterocycles. The van der Waals surface area contributed by atoms with Gasteiger partial charge in [0, 0.05) is 17.6 Å². The standard InChI is InChI=1S/C14H20O4S2/c1-9(2)12-6-7-13(19-12)14(15)18-10-4-5-11(8-10)20(3,16)17/h6-7,9-11H,4-5,8H2,1-3H3. The second-order valence-electron chi connectivity index (χ2n) is 5.65. The molecule has 0 N–H and O–H groups in total. The monoisotopic (exact) mass is 316 g/mol. The lowest BCUT2D eigenvalue weighted by Crippen LogP contribution is -2.19. The summed E-state index contributed by atoms with van der Waals surface area (Å²) in [6.07, 6.45) is 2.61. The molecule has 6 heteroatoms. The highest BCUT2D eigenvalue weighted by Crippen LogP contribution is 2.29. The van der Waals surface area contributed by atoms with E-state index in [2.05, 4.69) is 13.8 Å². The van der Waals surface area contributed by atoms with Crippen LogP contribution in [0.1, 0.15) is 53.6 Å². The molecule has 1 aromatic rings. The Morgan fingerprint density at radius 3 is 2.55 bits per heavy atom. The third kappa shape index (κ3) is 3.61. The number of hydrogen-bond donors (Lipinski definition) is 0. The number of sulfone groups is 1. The molecule has 2 atom stereocenters. The summed E-state index contributed by atoms with van der Waals surface area (Å²) in [6, 6.07) is 3.73. The second-order valence-corrected chi connectivity index (χ2v) is 9.09. The summed E-state index contributed by atoms with van der Waals surface area (Å²) in [6.45, 7) is 4.16. The lowest BCUT2D eigenvalue weighted by molar-refractivity contribution is 0.0324. The second kappa shape index (κ2) is 5.85. The van der Waals surface area contributed by atoms with Crippen LogP contribution in [0.4, 0.5) is 0 Å². The highest BCUT2D eigenvalue weighted by atomic mass is 32.2. The topological polar surface area (TPSA) is 60.4 Å². The first-order valence-electron chi connectivity index (χ1n) is 6.77. The minimum absolute atomic E-state index is 0.271. The molecule has 1 fully saturated rings. The molecule has 4 nitrogen and oxygen atoms in total. The van der Waals surface area contributed by atoms with Crippen molar-refractivity contribution in [2.75, 3.05) is 6.26 Å². The Hall–Kier alpha value is -0.880. The Morgan fingerprint density at radius 1 is 1.35 bits per heavy atom. The van der Waals surface area contributed by atoms with Crippen LogP contribution in [0.3, 0.4) is 0 Å². The first kappa shape index (κ1) is 15.5. The first-order valence-corrected chi connectivity index (χ1v) is 9.54. The van der Waals surface area contributed by atoms with Gasteiger partial charge in [-0.05, 0) is 30.9 Å². The maximum Gasteiger partial charge on any atom is 0.348 e. The van der Waals surface area contributed by atoms with Crippen molar-refractivity contribution in [1.29, 1.82) is 0 Å². The fourth-order valence-electron chi connectivity index (χ4n) is 2.38. The van der Waals surface area contributed by atoms with Crippen molar-refractivity contribution in [2.24, 2.45) is 0 Å². The zero-order valence-electron chi connectivity index (χ0n) is 12.0. The Kier molecular flexibility index (Phi) is 4.54. The molecule has 1 aliphatic rings. The summed E-state index contributed by atoms with van der Waals surface area (Å²) in [5.41, 5.74) is 0. The number of esters is 1. The Morgan fingerprint density at radius 2 is 2.05 bits per heavy atom. The Labute approximate surface area is 124 Å². The highest BCUT2D eigenvalue weighted by molar-refractivity contribution is 7.91. The summed E-state index contributed by atoms with van der Waals surface area (Å²) in [5.74, 6) is 0.0590. The summed E-state index contributed by atoms with van der Waals surface area (Å²) in [7, 11) is -3.03. The Bertz CT molecular complexity index is 586. The average molecular weight is 316 g/mol. The molecule has 2 rings (SSSR count). The van der Waals surface area contributed by atoms with E-state index in [0.29, 0.717) is 30.1 Å². The van der Waals surface area contributed by atoms with Crippen LogP contribution in [-0.4, -0.2) is 32.0 Å². The molecule has 0 aromatic carbocycles. The van der Waals surface area contributed by atoms with Crippen LogP contribution in [0.25, 0.3) is 0 Å². The maximum atomic E-state index is 12.0. The lowest BCUT2D eigenvalue weighted by atomic mass is 10.2. The Balaban J connectivity index is 1.95. The normalized spacial score (nSPS) is 23.2. The minimum atomic E-state index is -3.03. The molecule has 20 heavy (non-hydrogen) atoms. The van der Waals surface area contributed by atoms with E-state index in [9.17, 15) is 13.2 Å². The SMILES string of the molecule is CC(C)c1ccc(C(=O)OC2CCC(S(C)(=O)=O)C2)s1. The van der Waals surface area contributed by atoms with Crippen molar-refractivity contribution < 1.29 is 17.9 Å². The molecule has 1 saturated carbocycles. The number of carbonyl (C=O) groups excluding carboxylic acids is 1. The van der Waals surface area contributed by atoms with Gasteiger partial charge in [-0.25, -0.2) is 13.2 Å². The van der Waals surface area contributed by atoms with Gasteiger partial charge >= 0.3 is 5.97 Å². The van der Waals surface area contributed by atoms with Crippen molar-refractivity contribution in [3.05, 3.63) is 21.9 Å². The van der Waals surface area contributed by atoms with Gasteiger partial charge in [0.15, 0.2) is 0 Å². The average Bonchev–Trinajstić information content (AvgIpc) is 2.95. The van der Waals surface area contributed by atoms with Gasteiger partial charge in [-0.2, -0.15) is 0 Å². The third-order valence-corrected chi connectivity index (χ3v) is 6.62. The van der Waals surface area contributed by atoms with Crippen molar-refractivity contribution in [3.8, 4) is 0 Å². The molecule has 0 amide bonds. The first-order chi connectivity index (χ1) is 9.27. The van der Waals surface area contributed by atoms with Crippen LogP contribution in [-0.2, 0) is 14.6 Å². The maximum absolute atomic E-state index is 12.0. The van der Waals surface area contributed by atoms with Gasteiger partial charge < -0.3 is 4.74 Å². The third-order valence-electron chi connectivity index (χ3n) is 3.61. The molecule has 2 unspecified atom stereocenters. The molecule has 0 saturated heterocycles. The molecule has 0 bridgehead atoms. The fourth-order valence-corrected chi connectivity index (χ4v) is 4.40. The van der Waals surface area contributed by atoms with Gasteiger partial charge in [-0.15, -0.1) is 11.3 Å². The number of thiophene rings is 1. The van der Waals surface area contributed by atoms with E-state index in [4.69, 9.17) is 4.74 Å². The smallest absolute Gasteiger partial charge is 0.348 e. The van der Waals surface area contributed by atoms with Crippen LogP contribution in [0, 0.1) is 0 Å². The van der Waals surface area contributed by atoms with Crippen LogP contribution in [0.5, 0.6) is 0 Å². The minimum Gasteiger partial charge on any atom is -0.458 e. The van der Waals surface area contributed by atoms with E-state index in [0.717, 1.165) is 4.88 Å². The molecule has 1 aliphatic carbocycles. The van der Waals surface area contributed by atoms with Crippen molar-refractivity contribution in [3.63, 3.8) is 0 Å². The van der Waals surface area contributed by atoms with Gasteiger partial charge in [0.1, 0.15) is 20.8 Å². The van der Waals surface area contributed by atoms with Gasteiger partial charge in [0.25, 0.3) is 0 Å². The predicted octanol–water partition coefficient (Wildman–Crippen LogP) is 2.99. The molecule has 112 valence electrons. The summed E-state index contributed by atoms with van der Waals surface area (Å²) in [5, 5.41) is -0.366. The summed E-state index contributed by atoms with van der Waals surface area (Å²) < 4.78 is 28.4.